The first kappa shape index (κ1) is 21.4. The topological polar surface area (TPSA) is 101 Å². The average Bonchev–Trinajstić information content (AvgIpc) is 2.74. The average molecular weight is 409 g/mol. The summed E-state index contributed by atoms with van der Waals surface area (Å²) in [6, 6.07) is 13.1. The highest BCUT2D eigenvalue weighted by Crippen LogP contribution is 2.24. The smallest absolute Gasteiger partial charge is 0.330 e. The van der Waals surface area contributed by atoms with Gasteiger partial charge in [0.15, 0.2) is 5.69 Å². The number of fused-ring (bicyclic) bond motifs is 1. The molecular weight excluding hydrogens is 380 g/mol. The van der Waals surface area contributed by atoms with Crippen LogP contribution in [0.3, 0.4) is 0 Å². The van der Waals surface area contributed by atoms with Gasteiger partial charge in [0, 0.05) is 18.7 Å². The molecule has 0 atom stereocenters. The van der Waals surface area contributed by atoms with E-state index in [-0.39, 0.29) is 17.4 Å². The molecule has 0 saturated carbocycles. The Morgan fingerprint density at radius 1 is 1.03 bits per heavy atom. The van der Waals surface area contributed by atoms with Crippen LogP contribution in [0.2, 0.25) is 0 Å². The largest absolute Gasteiger partial charge is 0.383 e. The fourth-order valence-corrected chi connectivity index (χ4v) is 3.56. The molecule has 1 aromatic heterocycles. The summed E-state index contributed by atoms with van der Waals surface area (Å²) in [5, 5.41) is 1.74. The molecule has 0 aliphatic rings. The van der Waals surface area contributed by atoms with Gasteiger partial charge in [-0.15, -0.1) is 0 Å². The number of carbonyl (C=O) groups is 1. The first-order chi connectivity index (χ1) is 14.5. The minimum Gasteiger partial charge on any atom is -0.383 e. The summed E-state index contributed by atoms with van der Waals surface area (Å²) in [6.07, 6.45) is 3.15. The Bertz CT molecular complexity index is 1160. The van der Waals surface area contributed by atoms with E-state index in [1.165, 1.54) is 9.47 Å². The number of aromatic amines is 1. The van der Waals surface area contributed by atoms with Gasteiger partial charge >= 0.3 is 5.69 Å². The van der Waals surface area contributed by atoms with Crippen molar-refractivity contribution in [2.75, 3.05) is 17.2 Å². The lowest BCUT2D eigenvalue weighted by Crippen LogP contribution is -2.41. The molecule has 0 saturated heterocycles. The van der Waals surface area contributed by atoms with Gasteiger partial charge in [-0.25, -0.2) is 4.79 Å². The van der Waals surface area contributed by atoms with Crippen LogP contribution in [0.1, 0.15) is 49.9 Å². The standard InChI is InChI=1S/C23H28N4O3/c1-3-5-14-26(19-20(24)27(15-6-4-2)23(30)25-21(19)28)22(29)18-13-9-11-16-10-7-8-12-17(16)18/h7-13H,3-6,14-15,24H2,1-2H3,(H,25,28,30). The van der Waals surface area contributed by atoms with E-state index >= 15 is 0 Å². The lowest BCUT2D eigenvalue weighted by Gasteiger charge is -2.25. The Labute approximate surface area is 175 Å². The molecule has 3 N–H and O–H groups in total. The number of carbonyl (C=O) groups excluding carboxylic acids is 1. The van der Waals surface area contributed by atoms with Crippen molar-refractivity contribution in [1.29, 1.82) is 0 Å². The summed E-state index contributed by atoms with van der Waals surface area (Å²) in [5.74, 6) is -0.278. The number of nitrogen functional groups attached to an aromatic ring is 1. The minimum absolute atomic E-state index is 0.0295. The first-order valence-corrected chi connectivity index (χ1v) is 10.4. The van der Waals surface area contributed by atoms with E-state index in [0.717, 1.165) is 30.0 Å². The molecule has 7 heteroatoms. The predicted molar refractivity (Wildman–Crippen MR) is 121 cm³/mol. The molecule has 30 heavy (non-hydrogen) atoms. The molecule has 3 aromatic rings. The molecule has 0 aliphatic heterocycles. The molecule has 0 spiro atoms. The van der Waals surface area contributed by atoms with Crippen LogP contribution in [-0.2, 0) is 6.54 Å². The van der Waals surface area contributed by atoms with Crippen LogP contribution in [0, 0.1) is 0 Å². The number of nitrogens with two attached hydrogens (primary N) is 1. The van der Waals surface area contributed by atoms with Crippen molar-refractivity contribution < 1.29 is 4.79 Å². The number of nitrogens with one attached hydrogen (secondary N) is 1. The maximum Gasteiger partial charge on any atom is 0.330 e. The van der Waals surface area contributed by atoms with Crippen LogP contribution >= 0.6 is 0 Å². The van der Waals surface area contributed by atoms with E-state index in [9.17, 15) is 14.4 Å². The molecule has 0 unspecified atom stereocenters. The molecule has 0 aliphatic carbocycles. The molecule has 1 heterocycles. The number of rotatable bonds is 8. The van der Waals surface area contributed by atoms with Gasteiger partial charge in [-0.1, -0.05) is 63.1 Å². The Morgan fingerprint density at radius 3 is 2.47 bits per heavy atom. The number of anilines is 2. The number of benzene rings is 2. The molecular formula is C23H28N4O3. The van der Waals surface area contributed by atoms with Gasteiger partial charge in [0.05, 0.1) is 0 Å². The molecule has 0 fully saturated rings. The molecule has 3 rings (SSSR count). The number of aromatic nitrogens is 2. The highest BCUT2D eigenvalue weighted by atomic mass is 16.2. The molecule has 7 nitrogen and oxygen atoms in total. The number of amides is 1. The zero-order valence-corrected chi connectivity index (χ0v) is 17.5. The predicted octanol–water partition coefficient (Wildman–Crippen LogP) is 3.52. The number of hydrogen-bond acceptors (Lipinski definition) is 4. The third kappa shape index (κ3) is 4.15. The van der Waals surface area contributed by atoms with Crippen LogP contribution < -0.4 is 21.9 Å². The summed E-state index contributed by atoms with van der Waals surface area (Å²) >= 11 is 0. The van der Waals surface area contributed by atoms with Crippen LogP contribution in [0.4, 0.5) is 11.5 Å². The third-order valence-corrected chi connectivity index (χ3v) is 5.22. The zero-order valence-electron chi connectivity index (χ0n) is 17.5. The molecule has 2 aromatic carbocycles. The Hall–Kier alpha value is -3.35. The zero-order chi connectivity index (χ0) is 21.7. The van der Waals surface area contributed by atoms with Crippen LogP contribution in [0.5, 0.6) is 0 Å². The number of hydrogen-bond donors (Lipinski definition) is 2. The summed E-state index contributed by atoms with van der Waals surface area (Å²) in [4.78, 5) is 42.4. The maximum atomic E-state index is 13.6. The second-order valence-electron chi connectivity index (χ2n) is 7.34. The van der Waals surface area contributed by atoms with Gasteiger partial charge in [-0.2, -0.15) is 0 Å². The van der Waals surface area contributed by atoms with Crippen molar-refractivity contribution in [2.45, 2.75) is 46.1 Å². The van der Waals surface area contributed by atoms with Crippen molar-refractivity contribution >= 4 is 28.2 Å². The van der Waals surface area contributed by atoms with Gasteiger partial charge < -0.3 is 10.6 Å². The van der Waals surface area contributed by atoms with Gasteiger partial charge in [-0.3, -0.25) is 19.1 Å². The summed E-state index contributed by atoms with van der Waals surface area (Å²) in [5.41, 5.74) is 5.61. The van der Waals surface area contributed by atoms with Crippen molar-refractivity contribution in [3.05, 3.63) is 68.9 Å². The molecule has 1 amide bonds. The third-order valence-electron chi connectivity index (χ3n) is 5.22. The Kier molecular flexibility index (Phi) is 6.72. The summed E-state index contributed by atoms with van der Waals surface area (Å²) in [7, 11) is 0. The Balaban J connectivity index is 2.16. The van der Waals surface area contributed by atoms with E-state index in [0.29, 0.717) is 25.1 Å². The monoisotopic (exact) mass is 408 g/mol. The van der Waals surface area contributed by atoms with E-state index in [1.54, 1.807) is 6.07 Å². The fraction of sp³-hybridized carbons (Fsp3) is 0.348. The number of unbranched alkanes of at least 4 members (excludes halogenated alkanes) is 2. The highest BCUT2D eigenvalue weighted by molar-refractivity contribution is 6.14. The second kappa shape index (κ2) is 9.43. The van der Waals surface area contributed by atoms with Crippen molar-refractivity contribution in [1.82, 2.24) is 9.55 Å². The van der Waals surface area contributed by atoms with Gasteiger partial charge in [0.2, 0.25) is 0 Å². The van der Waals surface area contributed by atoms with Crippen molar-refractivity contribution in [3.8, 4) is 0 Å². The second-order valence-corrected chi connectivity index (χ2v) is 7.34. The quantitative estimate of drug-likeness (QED) is 0.595. The van der Waals surface area contributed by atoms with E-state index < -0.39 is 11.2 Å². The van der Waals surface area contributed by atoms with Crippen molar-refractivity contribution in [3.63, 3.8) is 0 Å². The van der Waals surface area contributed by atoms with E-state index in [1.807, 2.05) is 50.2 Å². The molecule has 158 valence electrons. The molecule has 0 radical (unpaired) electrons. The van der Waals surface area contributed by atoms with Crippen LogP contribution in [0.15, 0.2) is 52.1 Å². The van der Waals surface area contributed by atoms with Crippen LogP contribution in [0.25, 0.3) is 10.8 Å². The number of H-pyrrole nitrogens is 1. The maximum absolute atomic E-state index is 13.6. The lowest BCUT2D eigenvalue weighted by molar-refractivity contribution is 0.0988. The fourth-order valence-electron chi connectivity index (χ4n) is 3.56. The summed E-state index contributed by atoms with van der Waals surface area (Å²) in [6.45, 7) is 4.73. The van der Waals surface area contributed by atoms with Crippen molar-refractivity contribution in [2.24, 2.45) is 0 Å². The normalized spacial score (nSPS) is 11.0. The minimum atomic E-state index is -0.644. The van der Waals surface area contributed by atoms with Gasteiger partial charge in [0.1, 0.15) is 5.82 Å². The number of nitrogens with zero attached hydrogens (tertiary/aromatic N) is 2. The van der Waals surface area contributed by atoms with Gasteiger partial charge in [-0.05, 0) is 29.7 Å². The van der Waals surface area contributed by atoms with Crippen LogP contribution in [-0.4, -0.2) is 22.0 Å². The van der Waals surface area contributed by atoms with Gasteiger partial charge in [0.25, 0.3) is 11.5 Å². The van der Waals surface area contributed by atoms with E-state index in [2.05, 4.69) is 4.98 Å². The summed E-state index contributed by atoms with van der Waals surface area (Å²) < 4.78 is 1.34. The molecule has 0 bridgehead atoms. The SMILES string of the molecule is CCCCN(C(=O)c1cccc2ccccc12)c1c(N)n(CCCC)c(=O)[nH]c1=O. The Morgan fingerprint density at radius 2 is 1.73 bits per heavy atom. The first-order valence-electron chi connectivity index (χ1n) is 10.4. The lowest BCUT2D eigenvalue weighted by atomic mass is 10.0. The highest BCUT2D eigenvalue weighted by Gasteiger charge is 2.25. The van der Waals surface area contributed by atoms with E-state index in [4.69, 9.17) is 5.73 Å².